The smallest absolute Gasteiger partial charge is 0.282 e. The molecule has 1 heterocycles. The number of halogens is 1. The van der Waals surface area contributed by atoms with E-state index in [0.29, 0.717) is 45.4 Å². The van der Waals surface area contributed by atoms with Crippen LogP contribution in [0.15, 0.2) is 94.8 Å². The minimum Gasteiger partial charge on any atom is -0.494 e. The summed E-state index contributed by atoms with van der Waals surface area (Å²) in [6.45, 7) is 8.51. The van der Waals surface area contributed by atoms with E-state index in [4.69, 9.17) is 26.1 Å². The molecular formula is C35H33ClN4O4. The Morgan fingerprint density at radius 1 is 1.02 bits per heavy atom. The monoisotopic (exact) mass is 608 g/mol. The van der Waals surface area contributed by atoms with Gasteiger partial charge in [-0.1, -0.05) is 49.7 Å². The molecule has 44 heavy (non-hydrogen) atoms. The number of benzene rings is 4. The Morgan fingerprint density at radius 3 is 2.55 bits per heavy atom. The molecule has 0 aliphatic heterocycles. The number of ether oxygens (including phenoxy) is 2. The lowest BCUT2D eigenvalue weighted by Crippen LogP contribution is -2.21. The third-order valence-corrected chi connectivity index (χ3v) is 7.20. The first-order valence-corrected chi connectivity index (χ1v) is 14.7. The zero-order valence-electron chi connectivity index (χ0n) is 25.0. The minimum absolute atomic E-state index is 0.184. The van der Waals surface area contributed by atoms with Gasteiger partial charge in [-0.05, 0) is 97.1 Å². The zero-order valence-corrected chi connectivity index (χ0v) is 25.8. The fourth-order valence-electron chi connectivity index (χ4n) is 4.76. The maximum absolute atomic E-state index is 13.8. The molecule has 0 fully saturated rings. The number of carbonyl (C=O) groups is 1. The van der Waals surface area contributed by atoms with Crippen LogP contribution in [0.1, 0.15) is 43.4 Å². The Morgan fingerprint density at radius 2 is 1.80 bits per heavy atom. The van der Waals surface area contributed by atoms with Gasteiger partial charge < -0.3 is 14.8 Å². The number of aryl methyl sites for hydroxylation is 1. The molecule has 0 unspecified atom stereocenters. The van der Waals surface area contributed by atoms with E-state index in [9.17, 15) is 9.59 Å². The lowest BCUT2D eigenvalue weighted by Gasteiger charge is -2.18. The van der Waals surface area contributed by atoms with Crippen LogP contribution in [-0.2, 0) is 4.79 Å². The molecule has 0 saturated carbocycles. The fraction of sp³-hybridized carbons (Fsp3) is 0.200. The molecule has 0 aliphatic rings. The van der Waals surface area contributed by atoms with Gasteiger partial charge in [-0.3, -0.25) is 9.59 Å². The van der Waals surface area contributed by atoms with Gasteiger partial charge in [0.05, 0.1) is 23.7 Å². The van der Waals surface area contributed by atoms with E-state index in [2.05, 4.69) is 24.3 Å². The summed E-state index contributed by atoms with van der Waals surface area (Å²) in [5.74, 6) is 1.61. The summed E-state index contributed by atoms with van der Waals surface area (Å²) in [5.41, 5.74) is 4.33. The number of carbonyl (C=O) groups excluding carboxylic acids is 1. The summed E-state index contributed by atoms with van der Waals surface area (Å²) in [4.78, 5) is 31.0. The zero-order chi connectivity index (χ0) is 31.2. The van der Waals surface area contributed by atoms with Crippen LogP contribution in [-0.4, -0.2) is 35.0 Å². The maximum atomic E-state index is 13.8. The number of anilines is 1. The predicted octanol–water partition coefficient (Wildman–Crippen LogP) is 7.45. The van der Waals surface area contributed by atoms with Crippen molar-refractivity contribution in [2.45, 2.75) is 33.6 Å². The predicted molar refractivity (Wildman–Crippen MR) is 176 cm³/mol. The molecule has 0 saturated heterocycles. The van der Waals surface area contributed by atoms with Crippen molar-refractivity contribution in [3.8, 4) is 22.9 Å². The molecule has 0 aliphatic carbocycles. The number of nitrogens with one attached hydrogen (secondary N) is 1. The van der Waals surface area contributed by atoms with Crippen molar-refractivity contribution in [3.05, 3.63) is 117 Å². The highest BCUT2D eigenvalue weighted by atomic mass is 35.5. The van der Waals surface area contributed by atoms with Crippen molar-refractivity contribution in [1.82, 2.24) is 9.66 Å². The SMILES string of the molecule is CCOc1cc(C)c(-c2nc3ccccc3c(=O)n2N=Cc2cccc(OCC(=O)Nc3ccc(Cl)cc3)c2)cc1C(C)C. The largest absolute Gasteiger partial charge is 0.494 e. The average Bonchev–Trinajstić information content (AvgIpc) is 3.01. The summed E-state index contributed by atoms with van der Waals surface area (Å²) >= 11 is 5.91. The molecule has 0 bridgehead atoms. The van der Waals surface area contributed by atoms with Crippen molar-refractivity contribution < 1.29 is 14.3 Å². The first-order valence-electron chi connectivity index (χ1n) is 14.4. The molecule has 8 nitrogen and oxygen atoms in total. The summed E-state index contributed by atoms with van der Waals surface area (Å²) in [5, 5.41) is 8.43. The average molecular weight is 609 g/mol. The molecule has 1 amide bonds. The lowest BCUT2D eigenvalue weighted by molar-refractivity contribution is -0.118. The van der Waals surface area contributed by atoms with Gasteiger partial charge in [0.15, 0.2) is 12.4 Å². The van der Waals surface area contributed by atoms with Crippen molar-refractivity contribution >= 4 is 40.3 Å². The van der Waals surface area contributed by atoms with Gasteiger partial charge in [-0.2, -0.15) is 9.78 Å². The van der Waals surface area contributed by atoms with Gasteiger partial charge in [-0.15, -0.1) is 0 Å². The number of para-hydroxylation sites is 1. The molecule has 5 rings (SSSR count). The van der Waals surface area contributed by atoms with Crippen LogP contribution < -0.4 is 20.3 Å². The summed E-state index contributed by atoms with van der Waals surface area (Å²) in [6, 6.07) is 25.2. The number of aromatic nitrogens is 2. The van der Waals surface area contributed by atoms with Gasteiger partial charge in [0.2, 0.25) is 0 Å². The minimum atomic E-state index is -0.309. The highest BCUT2D eigenvalue weighted by Crippen LogP contribution is 2.34. The van der Waals surface area contributed by atoms with E-state index in [1.54, 1.807) is 54.7 Å². The van der Waals surface area contributed by atoms with Crippen LogP contribution >= 0.6 is 11.6 Å². The van der Waals surface area contributed by atoms with Crippen molar-refractivity contribution in [2.75, 3.05) is 18.5 Å². The summed E-state index contributed by atoms with van der Waals surface area (Å²) in [7, 11) is 0. The van der Waals surface area contributed by atoms with Gasteiger partial charge in [-0.25, -0.2) is 4.98 Å². The van der Waals surface area contributed by atoms with E-state index < -0.39 is 0 Å². The van der Waals surface area contributed by atoms with Crippen LogP contribution in [0.3, 0.4) is 0 Å². The Hall–Kier alpha value is -4.95. The van der Waals surface area contributed by atoms with Crippen molar-refractivity contribution in [2.24, 2.45) is 5.10 Å². The molecular weight excluding hydrogens is 576 g/mol. The van der Waals surface area contributed by atoms with Crippen LogP contribution in [0.5, 0.6) is 11.5 Å². The molecule has 0 spiro atoms. The normalized spacial score (nSPS) is 11.3. The second kappa shape index (κ2) is 13.6. The molecule has 0 radical (unpaired) electrons. The highest BCUT2D eigenvalue weighted by Gasteiger charge is 2.18. The Kier molecular flexibility index (Phi) is 9.41. The van der Waals surface area contributed by atoms with Crippen LogP contribution in [0, 0.1) is 6.92 Å². The van der Waals surface area contributed by atoms with E-state index in [1.807, 2.05) is 50.2 Å². The lowest BCUT2D eigenvalue weighted by atomic mass is 9.96. The number of fused-ring (bicyclic) bond motifs is 1. The number of amides is 1. The molecule has 9 heteroatoms. The molecule has 0 atom stereocenters. The Bertz CT molecular complexity index is 1900. The second-order valence-electron chi connectivity index (χ2n) is 10.5. The maximum Gasteiger partial charge on any atom is 0.282 e. The number of hydrogen-bond acceptors (Lipinski definition) is 6. The molecule has 1 aromatic heterocycles. The Labute approximate surface area is 260 Å². The topological polar surface area (TPSA) is 94.8 Å². The van der Waals surface area contributed by atoms with E-state index in [-0.39, 0.29) is 24.0 Å². The van der Waals surface area contributed by atoms with Gasteiger partial charge in [0, 0.05) is 16.3 Å². The first-order chi connectivity index (χ1) is 21.2. The number of hydrogen-bond donors (Lipinski definition) is 1. The number of rotatable bonds is 10. The highest BCUT2D eigenvalue weighted by molar-refractivity contribution is 6.30. The number of nitrogens with zero attached hydrogens (tertiary/aromatic N) is 3. The Balaban J connectivity index is 1.46. The standard InChI is InChI=1S/C35H33ClN4O4/c1-5-43-32-17-23(4)30(19-29(32)22(2)3)34-39-31-12-7-6-11-28(31)35(42)40(34)37-20-24-9-8-10-27(18-24)44-21-33(41)38-26-15-13-25(36)14-16-26/h6-20,22H,5,21H2,1-4H3,(H,38,41). The summed E-state index contributed by atoms with van der Waals surface area (Å²) in [6.07, 6.45) is 1.58. The molecule has 4 aromatic carbocycles. The third kappa shape index (κ3) is 6.98. The van der Waals surface area contributed by atoms with E-state index in [0.717, 1.165) is 22.4 Å². The van der Waals surface area contributed by atoms with E-state index >= 15 is 0 Å². The fourth-order valence-corrected chi connectivity index (χ4v) is 4.89. The van der Waals surface area contributed by atoms with Gasteiger partial charge in [0.25, 0.3) is 11.5 Å². The van der Waals surface area contributed by atoms with Crippen LogP contribution in [0.25, 0.3) is 22.3 Å². The van der Waals surface area contributed by atoms with Crippen molar-refractivity contribution in [3.63, 3.8) is 0 Å². The summed E-state index contributed by atoms with van der Waals surface area (Å²) < 4.78 is 13.0. The first kappa shape index (κ1) is 30.5. The van der Waals surface area contributed by atoms with Crippen molar-refractivity contribution in [1.29, 1.82) is 0 Å². The molecule has 5 aromatic rings. The quantitative estimate of drug-likeness (QED) is 0.166. The third-order valence-electron chi connectivity index (χ3n) is 6.95. The molecule has 1 N–H and O–H groups in total. The van der Waals surface area contributed by atoms with Crippen LogP contribution in [0.2, 0.25) is 5.02 Å². The van der Waals surface area contributed by atoms with Gasteiger partial charge in [0.1, 0.15) is 11.5 Å². The van der Waals surface area contributed by atoms with E-state index in [1.165, 1.54) is 4.68 Å². The van der Waals surface area contributed by atoms with Crippen LogP contribution in [0.4, 0.5) is 5.69 Å². The van der Waals surface area contributed by atoms with Gasteiger partial charge >= 0.3 is 0 Å². The molecule has 224 valence electrons. The second-order valence-corrected chi connectivity index (χ2v) is 11.0.